The standard InChI is InChI=1S/C5H11NO5/c1-2-6-3(4(7)8)5(9)11-10/h3-4,6-8,10H,2H2,1H3. The number of carbonyl (C=O) groups excluding carboxylic acids is 1. The normalized spacial score (nSPS) is 13.2. The van der Waals surface area contributed by atoms with Crippen molar-refractivity contribution in [2.24, 2.45) is 0 Å². The van der Waals surface area contributed by atoms with Crippen molar-refractivity contribution in [2.75, 3.05) is 6.54 Å². The van der Waals surface area contributed by atoms with Gasteiger partial charge in [-0.15, -0.1) is 0 Å². The van der Waals surface area contributed by atoms with Crippen molar-refractivity contribution in [2.45, 2.75) is 19.3 Å². The van der Waals surface area contributed by atoms with E-state index in [4.69, 9.17) is 15.5 Å². The summed E-state index contributed by atoms with van der Waals surface area (Å²) in [6, 6.07) is -1.30. The molecule has 1 unspecified atom stereocenters. The first-order chi connectivity index (χ1) is 5.13. The lowest BCUT2D eigenvalue weighted by atomic mass is 10.3. The maximum atomic E-state index is 10.5. The maximum absolute atomic E-state index is 10.5. The monoisotopic (exact) mass is 165 g/mol. The van der Waals surface area contributed by atoms with Crippen LogP contribution < -0.4 is 5.32 Å². The Morgan fingerprint density at radius 2 is 2.18 bits per heavy atom. The van der Waals surface area contributed by atoms with Crippen LogP contribution in [-0.4, -0.2) is 40.3 Å². The molecule has 0 radical (unpaired) electrons. The minimum atomic E-state index is -1.88. The molecule has 0 aliphatic carbocycles. The van der Waals surface area contributed by atoms with Crippen LogP contribution >= 0.6 is 0 Å². The van der Waals surface area contributed by atoms with E-state index in [0.29, 0.717) is 6.54 Å². The maximum Gasteiger partial charge on any atom is 0.364 e. The third-order valence-electron chi connectivity index (χ3n) is 1.07. The molecule has 0 bridgehead atoms. The molecule has 11 heavy (non-hydrogen) atoms. The molecule has 4 N–H and O–H groups in total. The van der Waals surface area contributed by atoms with Gasteiger partial charge in [-0.05, 0) is 6.54 Å². The highest BCUT2D eigenvalue weighted by atomic mass is 17.1. The van der Waals surface area contributed by atoms with Gasteiger partial charge in [0.05, 0.1) is 0 Å². The van der Waals surface area contributed by atoms with Crippen molar-refractivity contribution in [3.05, 3.63) is 0 Å². The van der Waals surface area contributed by atoms with Gasteiger partial charge in [-0.1, -0.05) is 6.92 Å². The van der Waals surface area contributed by atoms with Gasteiger partial charge in [0.2, 0.25) is 0 Å². The Hall–Kier alpha value is -0.690. The van der Waals surface area contributed by atoms with Crippen molar-refractivity contribution in [1.82, 2.24) is 5.32 Å². The van der Waals surface area contributed by atoms with Crippen LogP contribution in [0.15, 0.2) is 0 Å². The van der Waals surface area contributed by atoms with Crippen LogP contribution in [0.1, 0.15) is 6.92 Å². The van der Waals surface area contributed by atoms with Gasteiger partial charge in [0.25, 0.3) is 0 Å². The van der Waals surface area contributed by atoms with Crippen molar-refractivity contribution in [3.63, 3.8) is 0 Å². The molecule has 0 aromatic rings. The molecule has 66 valence electrons. The van der Waals surface area contributed by atoms with E-state index < -0.39 is 18.3 Å². The van der Waals surface area contributed by atoms with Crippen LogP contribution in [0.4, 0.5) is 0 Å². The van der Waals surface area contributed by atoms with Crippen molar-refractivity contribution < 1.29 is 25.2 Å². The van der Waals surface area contributed by atoms with E-state index in [9.17, 15) is 4.79 Å². The molecule has 0 aliphatic rings. The Balaban J connectivity index is 3.98. The predicted octanol–water partition coefficient (Wildman–Crippen LogP) is -1.71. The molecular weight excluding hydrogens is 154 g/mol. The Kier molecular flexibility index (Phi) is 4.71. The number of likely N-dealkylation sites (N-methyl/N-ethyl adjacent to an activating group) is 1. The number of hydrogen-bond acceptors (Lipinski definition) is 6. The first-order valence-corrected chi connectivity index (χ1v) is 3.08. The fourth-order valence-corrected chi connectivity index (χ4v) is 0.587. The summed E-state index contributed by atoms with van der Waals surface area (Å²) in [4.78, 5) is 13.8. The number of nitrogens with one attached hydrogen (secondary N) is 1. The summed E-state index contributed by atoms with van der Waals surface area (Å²) in [7, 11) is 0. The van der Waals surface area contributed by atoms with E-state index in [2.05, 4.69) is 10.2 Å². The van der Waals surface area contributed by atoms with Gasteiger partial charge >= 0.3 is 5.97 Å². The fraction of sp³-hybridized carbons (Fsp3) is 0.800. The lowest BCUT2D eigenvalue weighted by molar-refractivity contribution is -0.243. The van der Waals surface area contributed by atoms with Gasteiger partial charge in [-0.3, -0.25) is 4.89 Å². The molecule has 6 nitrogen and oxygen atoms in total. The first-order valence-electron chi connectivity index (χ1n) is 3.08. The number of aliphatic hydroxyl groups excluding tert-OH is 1. The average Bonchev–Trinajstić information content (AvgIpc) is 1.98. The van der Waals surface area contributed by atoms with E-state index in [1.54, 1.807) is 6.92 Å². The molecule has 0 heterocycles. The SMILES string of the molecule is CCNC(C(=O)OO)C(O)O. The second-order valence-corrected chi connectivity index (χ2v) is 1.86. The van der Waals surface area contributed by atoms with E-state index in [0.717, 1.165) is 0 Å². The van der Waals surface area contributed by atoms with Crippen LogP contribution in [-0.2, 0) is 9.68 Å². The van der Waals surface area contributed by atoms with Crippen LogP contribution in [0.5, 0.6) is 0 Å². The average molecular weight is 165 g/mol. The summed E-state index contributed by atoms with van der Waals surface area (Å²) in [6.45, 7) is 2.03. The third-order valence-corrected chi connectivity index (χ3v) is 1.07. The van der Waals surface area contributed by atoms with Crippen molar-refractivity contribution in [3.8, 4) is 0 Å². The summed E-state index contributed by atoms with van der Waals surface area (Å²) >= 11 is 0. The summed E-state index contributed by atoms with van der Waals surface area (Å²) in [5.74, 6) is -1.12. The molecule has 0 saturated carbocycles. The highest BCUT2D eigenvalue weighted by Crippen LogP contribution is 1.91. The van der Waals surface area contributed by atoms with Gasteiger partial charge in [-0.2, -0.15) is 5.26 Å². The third kappa shape index (κ3) is 3.28. The van der Waals surface area contributed by atoms with Crippen LogP contribution in [0.2, 0.25) is 0 Å². The van der Waals surface area contributed by atoms with Gasteiger partial charge in [-0.25, -0.2) is 4.79 Å². The number of aliphatic hydroxyl groups is 2. The Morgan fingerprint density at radius 1 is 1.64 bits per heavy atom. The molecule has 1 atom stereocenters. The zero-order valence-corrected chi connectivity index (χ0v) is 6.02. The second-order valence-electron chi connectivity index (χ2n) is 1.86. The molecule has 0 saturated heterocycles. The van der Waals surface area contributed by atoms with E-state index in [1.165, 1.54) is 0 Å². The Bertz CT molecular complexity index is 126. The Morgan fingerprint density at radius 3 is 2.45 bits per heavy atom. The van der Waals surface area contributed by atoms with Crippen LogP contribution in [0.25, 0.3) is 0 Å². The molecule has 0 aromatic heterocycles. The Labute approximate surface area is 63.3 Å². The lowest BCUT2D eigenvalue weighted by Gasteiger charge is -2.14. The largest absolute Gasteiger partial charge is 0.366 e. The quantitative estimate of drug-likeness (QED) is 0.225. The number of hydrogen-bond donors (Lipinski definition) is 4. The lowest BCUT2D eigenvalue weighted by Crippen LogP contribution is -2.46. The van der Waals surface area contributed by atoms with E-state index in [1.807, 2.05) is 0 Å². The van der Waals surface area contributed by atoms with Crippen molar-refractivity contribution >= 4 is 5.97 Å². The molecule has 0 spiro atoms. The van der Waals surface area contributed by atoms with Gasteiger partial charge < -0.3 is 15.5 Å². The highest BCUT2D eigenvalue weighted by Gasteiger charge is 2.25. The van der Waals surface area contributed by atoms with Crippen molar-refractivity contribution in [1.29, 1.82) is 0 Å². The van der Waals surface area contributed by atoms with Gasteiger partial charge in [0.15, 0.2) is 12.3 Å². The topological polar surface area (TPSA) is 99.0 Å². The van der Waals surface area contributed by atoms with Crippen LogP contribution in [0.3, 0.4) is 0 Å². The highest BCUT2D eigenvalue weighted by molar-refractivity contribution is 5.75. The molecule has 6 heteroatoms. The van der Waals surface area contributed by atoms with E-state index >= 15 is 0 Å². The zero-order valence-electron chi connectivity index (χ0n) is 6.02. The summed E-state index contributed by atoms with van der Waals surface area (Å²) in [5, 5.41) is 27.3. The van der Waals surface area contributed by atoms with Gasteiger partial charge in [0.1, 0.15) is 0 Å². The minimum absolute atomic E-state index is 0.359. The second kappa shape index (κ2) is 5.03. The van der Waals surface area contributed by atoms with Crippen LogP contribution in [0, 0.1) is 0 Å². The molecular formula is C5H11NO5. The summed E-state index contributed by atoms with van der Waals surface area (Å²) < 4.78 is 0. The minimum Gasteiger partial charge on any atom is -0.366 e. The number of carbonyl (C=O) groups is 1. The zero-order chi connectivity index (χ0) is 8.85. The smallest absolute Gasteiger partial charge is 0.364 e. The van der Waals surface area contributed by atoms with Gasteiger partial charge in [0, 0.05) is 0 Å². The number of rotatable bonds is 4. The molecule has 0 rings (SSSR count). The molecule has 0 aromatic carbocycles. The summed E-state index contributed by atoms with van der Waals surface area (Å²) in [6.07, 6.45) is -1.88. The summed E-state index contributed by atoms with van der Waals surface area (Å²) in [5.41, 5.74) is 0. The first kappa shape index (κ1) is 10.3. The molecule has 0 amide bonds. The van der Waals surface area contributed by atoms with E-state index in [-0.39, 0.29) is 0 Å². The predicted molar refractivity (Wildman–Crippen MR) is 34.4 cm³/mol. The molecule has 0 fully saturated rings. The fourth-order valence-electron chi connectivity index (χ4n) is 0.587. The molecule has 0 aliphatic heterocycles.